The van der Waals surface area contributed by atoms with Gasteiger partial charge in [0.1, 0.15) is 5.75 Å². The summed E-state index contributed by atoms with van der Waals surface area (Å²) in [5.74, 6) is 0.363. The molecule has 0 heterocycles. The van der Waals surface area contributed by atoms with Gasteiger partial charge in [-0.2, -0.15) is 0 Å². The number of phenols is 1. The Balaban J connectivity index is 0.00000225. The van der Waals surface area contributed by atoms with Gasteiger partial charge in [-0.05, 0) is 30.5 Å². The fourth-order valence-electron chi connectivity index (χ4n) is 1.77. The van der Waals surface area contributed by atoms with Gasteiger partial charge in [-0.1, -0.05) is 51.2 Å². The van der Waals surface area contributed by atoms with Crippen LogP contribution in [0.2, 0.25) is 0 Å². The summed E-state index contributed by atoms with van der Waals surface area (Å²) in [5, 5.41) is 9.13. The number of phenolic OH excluding ortho intramolecular Hbond substituents is 1. The van der Waals surface area contributed by atoms with Crippen molar-refractivity contribution >= 4 is 29.6 Å². The Morgan fingerprint density at radius 1 is 0.875 bits per heavy atom. The van der Waals surface area contributed by atoms with Gasteiger partial charge in [-0.3, -0.25) is 0 Å². The molecule has 2 heteroatoms. The van der Waals surface area contributed by atoms with Gasteiger partial charge in [0.15, 0.2) is 0 Å². The smallest absolute Gasteiger partial charge is 0.115 e. The summed E-state index contributed by atoms with van der Waals surface area (Å²) in [6.45, 7) is 2.25. The van der Waals surface area contributed by atoms with E-state index in [-0.39, 0.29) is 29.6 Å². The zero-order valence-electron chi connectivity index (χ0n) is 10.7. The van der Waals surface area contributed by atoms with Crippen LogP contribution in [-0.4, -0.2) is 34.7 Å². The first-order chi connectivity index (χ1) is 7.33. The van der Waals surface area contributed by atoms with Gasteiger partial charge in [0.05, 0.1) is 0 Å². The Labute approximate surface area is 122 Å². The van der Waals surface area contributed by atoms with Crippen molar-refractivity contribution in [2.45, 2.75) is 51.9 Å². The van der Waals surface area contributed by atoms with Crippen molar-refractivity contribution in [3.05, 3.63) is 29.8 Å². The molecule has 0 aliphatic carbocycles. The maximum absolute atomic E-state index is 9.13. The van der Waals surface area contributed by atoms with E-state index < -0.39 is 0 Å². The van der Waals surface area contributed by atoms with E-state index in [1.807, 2.05) is 12.1 Å². The third kappa shape index (κ3) is 7.32. The third-order valence-electron chi connectivity index (χ3n) is 2.76. The third-order valence-corrected chi connectivity index (χ3v) is 2.76. The summed E-state index contributed by atoms with van der Waals surface area (Å²) in [6.07, 6.45) is 9.19. The van der Waals surface area contributed by atoms with Crippen LogP contribution in [0.1, 0.15) is 51.0 Å². The predicted octanol–water partition coefficient (Wildman–Crippen LogP) is 3.91. The molecule has 0 saturated heterocycles. The molecule has 1 radical (unpaired) electrons. The molecule has 0 fully saturated rings. The Kier molecular flexibility index (Phi) is 10.2. The van der Waals surface area contributed by atoms with Crippen LogP contribution in [0.3, 0.4) is 0 Å². The second kappa shape index (κ2) is 10.2. The van der Waals surface area contributed by atoms with Crippen LogP contribution in [-0.2, 0) is 6.42 Å². The van der Waals surface area contributed by atoms with Crippen LogP contribution in [0, 0.1) is 0 Å². The summed E-state index contributed by atoms with van der Waals surface area (Å²) >= 11 is 0. The Bertz CT molecular complexity index is 256. The van der Waals surface area contributed by atoms with E-state index in [2.05, 4.69) is 6.92 Å². The zero-order chi connectivity index (χ0) is 10.9. The molecule has 85 valence electrons. The van der Waals surface area contributed by atoms with Crippen molar-refractivity contribution in [1.29, 1.82) is 0 Å². The van der Waals surface area contributed by atoms with Crippen molar-refractivity contribution in [3.63, 3.8) is 0 Å². The van der Waals surface area contributed by atoms with Gasteiger partial charge >= 0.3 is 0 Å². The standard InChI is InChI=1S/C14H22O.Na/c1-2-3-4-5-6-7-8-13-9-11-14(15)12-10-13;/h9-12,15H,2-8H2,1H3;. The van der Waals surface area contributed by atoms with E-state index in [1.165, 1.54) is 44.1 Å². The number of benzene rings is 1. The molecule has 0 spiro atoms. The van der Waals surface area contributed by atoms with E-state index in [9.17, 15) is 0 Å². The molecule has 0 aromatic heterocycles. The number of unbranched alkanes of at least 4 members (excludes halogenated alkanes) is 5. The minimum atomic E-state index is 0. The molecule has 1 aromatic rings. The average molecular weight is 229 g/mol. The molecule has 1 rings (SSSR count). The monoisotopic (exact) mass is 229 g/mol. The second-order valence-corrected chi connectivity index (χ2v) is 4.18. The second-order valence-electron chi connectivity index (χ2n) is 4.18. The molecular weight excluding hydrogens is 207 g/mol. The zero-order valence-corrected chi connectivity index (χ0v) is 12.7. The van der Waals surface area contributed by atoms with Crippen LogP contribution in [0.25, 0.3) is 0 Å². The molecule has 0 aliphatic heterocycles. The van der Waals surface area contributed by atoms with Crippen LogP contribution >= 0.6 is 0 Å². The molecule has 1 N–H and O–H groups in total. The molecule has 0 saturated carbocycles. The quantitative estimate of drug-likeness (QED) is 0.555. The number of aryl methyl sites for hydroxylation is 1. The molecule has 0 amide bonds. The predicted molar refractivity (Wildman–Crippen MR) is 70.9 cm³/mol. The summed E-state index contributed by atoms with van der Waals surface area (Å²) in [6, 6.07) is 7.57. The van der Waals surface area contributed by atoms with Crippen molar-refractivity contribution in [2.24, 2.45) is 0 Å². The fourth-order valence-corrected chi connectivity index (χ4v) is 1.77. The summed E-state index contributed by atoms with van der Waals surface area (Å²) < 4.78 is 0. The normalized spacial score (nSPS) is 9.81. The van der Waals surface area contributed by atoms with E-state index in [0.717, 1.165) is 6.42 Å². The minimum absolute atomic E-state index is 0. The van der Waals surface area contributed by atoms with E-state index in [0.29, 0.717) is 5.75 Å². The molecule has 0 unspecified atom stereocenters. The maximum atomic E-state index is 9.13. The Morgan fingerprint density at radius 2 is 1.44 bits per heavy atom. The summed E-state index contributed by atoms with van der Waals surface area (Å²) in [5.41, 5.74) is 1.34. The van der Waals surface area contributed by atoms with Gasteiger partial charge in [0, 0.05) is 29.6 Å². The Hall–Kier alpha value is 0.0200. The van der Waals surface area contributed by atoms with E-state index >= 15 is 0 Å². The van der Waals surface area contributed by atoms with Crippen LogP contribution in [0.5, 0.6) is 5.75 Å². The molecular formula is C14H22NaO. The van der Waals surface area contributed by atoms with E-state index in [4.69, 9.17) is 5.11 Å². The first-order valence-electron chi connectivity index (χ1n) is 6.11. The average Bonchev–Trinajstić information content (AvgIpc) is 2.26. The van der Waals surface area contributed by atoms with Crippen LogP contribution in [0.4, 0.5) is 0 Å². The summed E-state index contributed by atoms with van der Waals surface area (Å²) in [4.78, 5) is 0. The number of aromatic hydroxyl groups is 1. The maximum Gasteiger partial charge on any atom is 0.115 e. The van der Waals surface area contributed by atoms with Gasteiger partial charge in [0.25, 0.3) is 0 Å². The molecule has 0 bridgehead atoms. The topological polar surface area (TPSA) is 20.2 Å². The molecule has 0 atom stereocenters. The fraction of sp³-hybridized carbons (Fsp3) is 0.571. The number of rotatable bonds is 7. The number of hydrogen-bond donors (Lipinski definition) is 1. The molecule has 1 aromatic carbocycles. The molecule has 1 nitrogen and oxygen atoms in total. The number of hydrogen-bond acceptors (Lipinski definition) is 1. The van der Waals surface area contributed by atoms with Gasteiger partial charge < -0.3 is 5.11 Å². The van der Waals surface area contributed by atoms with Crippen LogP contribution < -0.4 is 0 Å². The molecule has 16 heavy (non-hydrogen) atoms. The van der Waals surface area contributed by atoms with Gasteiger partial charge in [0.2, 0.25) is 0 Å². The SMILES string of the molecule is CCCCCCCCc1ccc(O)cc1.[Na]. The van der Waals surface area contributed by atoms with E-state index in [1.54, 1.807) is 12.1 Å². The first kappa shape index (κ1) is 16.0. The minimum Gasteiger partial charge on any atom is -0.508 e. The first-order valence-corrected chi connectivity index (χ1v) is 6.11. The Morgan fingerprint density at radius 3 is 2.06 bits per heavy atom. The van der Waals surface area contributed by atoms with Crippen molar-refractivity contribution in [1.82, 2.24) is 0 Å². The van der Waals surface area contributed by atoms with Crippen LogP contribution in [0.15, 0.2) is 24.3 Å². The van der Waals surface area contributed by atoms with Crippen molar-refractivity contribution < 1.29 is 5.11 Å². The van der Waals surface area contributed by atoms with Crippen molar-refractivity contribution in [3.8, 4) is 5.75 Å². The van der Waals surface area contributed by atoms with Gasteiger partial charge in [-0.15, -0.1) is 0 Å². The van der Waals surface area contributed by atoms with Crippen molar-refractivity contribution in [2.75, 3.05) is 0 Å². The molecule has 0 aliphatic rings. The van der Waals surface area contributed by atoms with Gasteiger partial charge in [-0.25, -0.2) is 0 Å². The summed E-state index contributed by atoms with van der Waals surface area (Å²) in [7, 11) is 0. The largest absolute Gasteiger partial charge is 0.508 e.